The van der Waals surface area contributed by atoms with E-state index in [1.807, 2.05) is 0 Å². The van der Waals surface area contributed by atoms with E-state index in [1.165, 1.54) is 12.4 Å². The van der Waals surface area contributed by atoms with Gasteiger partial charge in [-0.1, -0.05) is 19.8 Å². The van der Waals surface area contributed by atoms with E-state index < -0.39 is 11.7 Å². The number of halogens is 3. The highest BCUT2D eigenvalue weighted by molar-refractivity contribution is 5.31. The second kappa shape index (κ2) is 6.57. The lowest BCUT2D eigenvalue weighted by Crippen LogP contribution is -2.38. The summed E-state index contributed by atoms with van der Waals surface area (Å²) in [5.41, 5.74) is -0.170. The highest BCUT2D eigenvalue weighted by Crippen LogP contribution is 2.40. The molecule has 1 heterocycles. The summed E-state index contributed by atoms with van der Waals surface area (Å²) in [6.45, 7) is 2.92. The molecule has 5 heteroatoms. The van der Waals surface area contributed by atoms with Gasteiger partial charge in [0.25, 0.3) is 0 Å². The third kappa shape index (κ3) is 3.51. The summed E-state index contributed by atoms with van der Waals surface area (Å²) >= 11 is 0. The van der Waals surface area contributed by atoms with Crippen LogP contribution in [0, 0.1) is 0 Å². The van der Waals surface area contributed by atoms with E-state index in [9.17, 15) is 13.2 Å². The second-order valence-electron chi connectivity index (χ2n) is 5.41. The molecule has 0 radical (unpaired) electrons. The standard InChI is InChI=1S/C15H21F3N2/c1-2-8-20-14-6-4-3-5-11(14)12-10-19-9-7-13(12)15(16,17)18/h7,9-11,14,20H,2-6,8H2,1H3. The minimum absolute atomic E-state index is 0.0828. The normalized spacial score (nSPS) is 23.8. The van der Waals surface area contributed by atoms with Crippen LogP contribution in [0.1, 0.15) is 56.1 Å². The minimum Gasteiger partial charge on any atom is -0.313 e. The predicted octanol–water partition coefficient (Wildman–Crippen LogP) is 4.13. The maximum Gasteiger partial charge on any atom is 0.416 e. The fraction of sp³-hybridized carbons (Fsp3) is 0.667. The third-order valence-electron chi connectivity index (χ3n) is 3.98. The molecule has 0 spiro atoms. The van der Waals surface area contributed by atoms with Crippen molar-refractivity contribution in [2.75, 3.05) is 6.54 Å². The Balaban J connectivity index is 2.28. The van der Waals surface area contributed by atoms with Crippen molar-refractivity contribution in [2.45, 2.75) is 57.2 Å². The van der Waals surface area contributed by atoms with Gasteiger partial charge < -0.3 is 5.32 Å². The van der Waals surface area contributed by atoms with Crippen molar-refractivity contribution in [2.24, 2.45) is 0 Å². The van der Waals surface area contributed by atoms with Crippen molar-refractivity contribution in [3.63, 3.8) is 0 Å². The Morgan fingerprint density at radius 2 is 2.05 bits per heavy atom. The molecule has 0 saturated heterocycles. The maximum atomic E-state index is 13.1. The van der Waals surface area contributed by atoms with E-state index in [4.69, 9.17) is 0 Å². The van der Waals surface area contributed by atoms with Gasteiger partial charge in [-0.25, -0.2) is 0 Å². The molecule has 1 fully saturated rings. The van der Waals surface area contributed by atoms with Crippen molar-refractivity contribution in [3.05, 3.63) is 29.6 Å². The number of hydrogen-bond acceptors (Lipinski definition) is 2. The van der Waals surface area contributed by atoms with Crippen LogP contribution >= 0.6 is 0 Å². The Morgan fingerprint density at radius 3 is 2.75 bits per heavy atom. The summed E-state index contributed by atoms with van der Waals surface area (Å²) in [4.78, 5) is 3.92. The van der Waals surface area contributed by atoms with Gasteiger partial charge in [0.1, 0.15) is 0 Å². The van der Waals surface area contributed by atoms with Crippen LogP contribution < -0.4 is 5.32 Å². The summed E-state index contributed by atoms with van der Waals surface area (Å²) in [7, 11) is 0. The predicted molar refractivity (Wildman–Crippen MR) is 72.5 cm³/mol. The van der Waals surface area contributed by atoms with Gasteiger partial charge in [0.05, 0.1) is 5.56 Å². The molecule has 1 saturated carbocycles. The highest BCUT2D eigenvalue weighted by Gasteiger charge is 2.37. The van der Waals surface area contributed by atoms with E-state index in [-0.39, 0.29) is 12.0 Å². The molecule has 0 aromatic carbocycles. The molecular formula is C15H21F3N2. The molecule has 1 aliphatic carbocycles. The van der Waals surface area contributed by atoms with Crippen LogP contribution in [0.5, 0.6) is 0 Å². The molecular weight excluding hydrogens is 265 g/mol. The van der Waals surface area contributed by atoms with Gasteiger partial charge in [-0.2, -0.15) is 13.2 Å². The number of nitrogens with one attached hydrogen (secondary N) is 1. The number of hydrogen-bond donors (Lipinski definition) is 1. The molecule has 0 amide bonds. The lowest BCUT2D eigenvalue weighted by Gasteiger charge is -2.33. The van der Waals surface area contributed by atoms with Crippen molar-refractivity contribution in [1.82, 2.24) is 10.3 Å². The van der Waals surface area contributed by atoms with Gasteiger partial charge in [0, 0.05) is 24.4 Å². The Labute approximate surface area is 117 Å². The molecule has 1 N–H and O–H groups in total. The zero-order valence-corrected chi connectivity index (χ0v) is 11.7. The minimum atomic E-state index is -4.30. The largest absolute Gasteiger partial charge is 0.416 e. The van der Waals surface area contributed by atoms with Gasteiger partial charge in [0.2, 0.25) is 0 Å². The first kappa shape index (κ1) is 15.3. The molecule has 2 unspecified atom stereocenters. The fourth-order valence-electron chi connectivity index (χ4n) is 3.04. The summed E-state index contributed by atoms with van der Waals surface area (Å²) in [6.07, 6.45) is 3.13. The van der Waals surface area contributed by atoms with Crippen molar-refractivity contribution < 1.29 is 13.2 Å². The molecule has 1 aromatic heterocycles. The van der Waals surface area contributed by atoms with Crippen molar-refractivity contribution >= 4 is 0 Å². The van der Waals surface area contributed by atoms with Gasteiger partial charge in [-0.05, 0) is 37.4 Å². The van der Waals surface area contributed by atoms with E-state index in [1.54, 1.807) is 0 Å². The summed E-state index contributed by atoms with van der Waals surface area (Å²) < 4.78 is 39.4. The molecule has 2 atom stereocenters. The first-order chi connectivity index (χ1) is 9.54. The summed E-state index contributed by atoms with van der Waals surface area (Å²) in [5.74, 6) is -0.0828. The number of alkyl halides is 3. The number of aromatic nitrogens is 1. The van der Waals surface area contributed by atoms with Gasteiger partial charge in [0.15, 0.2) is 0 Å². The molecule has 0 bridgehead atoms. The molecule has 20 heavy (non-hydrogen) atoms. The fourth-order valence-corrected chi connectivity index (χ4v) is 3.04. The molecule has 2 rings (SSSR count). The quantitative estimate of drug-likeness (QED) is 0.900. The molecule has 2 nitrogen and oxygen atoms in total. The first-order valence-electron chi connectivity index (χ1n) is 7.28. The van der Waals surface area contributed by atoms with E-state index in [0.717, 1.165) is 44.7 Å². The van der Waals surface area contributed by atoms with Crippen LogP contribution in [0.25, 0.3) is 0 Å². The first-order valence-corrected chi connectivity index (χ1v) is 7.28. The average Bonchev–Trinajstić information content (AvgIpc) is 2.44. The second-order valence-corrected chi connectivity index (χ2v) is 5.41. The average molecular weight is 286 g/mol. The van der Waals surface area contributed by atoms with Crippen LogP contribution in [0.3, 0.4) is 0 Å². The van der Waals surface area contributed by atoms with Crippen LogP contribution in [0.15, 0.2) is 18.5 Å². The van der Waals surface area contributed by atoms with E-state index in [0.29, 0.717) is 5.56 Å². The van der Waals surface area contributed by atoms with Gasteiger partial charge in [-0.15, -0.1) is 0 Å². The smallest absolute Gasteiger partial charge is 0.313 e. The monoisotopic (exact) mass is 286 g/mol. The van der Waals surface area contributed by atoms with Crippen LogP contribution in [-0.2, 0) is 6.18 Å². The van der Waals surface area contributed by atoms with Crippen LogP contribution in [0.2, 0.25) is 0 Å². The highest BCUT2D eigenvalue weighted by atomic mass is 19.4. The number of pyridine rings is 1. The zero-order valence-electron chi connectivity index (χ0n) is 11.7. The molecule has 0 aliphatic heterocycles. The lowest BCUT2D eigenvalue weighted by molar-refractivity contribution is -0.138. The van der Waals surface area contributed by atoms with E-state index in [2.05, 4.69) is 17.2 Å². The number of nitrogens with zero attached hydrogens (tertiary/aromatic N) is 1. The lowest BCUT2D eigenvalue weighted by atomic mass is 9.79. The zero-order chi connectivity index (χ0) is 14.6. The van der Waals surface area contributed by atoms with E-state index >= 15 is 0 Å². The molecule has 112 valence electrons. The molecule has 1 aliphatic rings. The Bertz CT molecular complexity index is 431. The Kier molecular flexibility index (Phi) is 5.02. The number of rotatable bonds is 4. The Hall–Kier alpha value is -1.10. The van der Waals surface area contributed by atoms with Crippen molar-refractivity contribution in [1.29, 1.82) is 0 Å². The molecule has 1 aromatic rings. The van der Waals surface area contributed by atoms with Crippen LogP contribution in [-0.4, -0.2) is 17.6 Å². The SMILES string of the molecule is CCCNC1CCCCC1c1cnccc1C(F)(F)F. The van der Waals surface area contributed by atoms with Gasteiger partial charge >= 0.3 is 6.18 Å². The summed E-state index contributed by atoms with van der Waals surface area (Å²) in [6, 6.07) is 1.23. The van der Waals surface area contributed by atoms with Crippen LogP contribution in [0.4, 0.5) is 13.2 Å². The maximum absolute atomic E-state index is 13.1. The Morgan fingerprint density at radius 1 is 1.30 bits per heavy atom. The summed E-state index contributed by atoms with van der Waals surface area (Å²) in [5, 5.41) is 3.40. The van der Waals surface area contributed by atoms with Gasteiger partial charge in [-0.3, -0.25) is 4.98 Å². The van der Waals surface area contributed by atoms with Crippen molar-refractivity contribution in [3.8, 4) is 0 Å². The topological polar surface area (TPSA) is 24.9 Å². The third-order valence-corrected chi connectivity index (χ3v) is 3.98.